The number of anilines is 1. The Morgan fingerprint density at radius 3 is 2.49 bits per heavy atom. The fourth-order valence-corrected chi connectivity index (χ4v) is 5.18. The molecule has 2 aromatic carbocycles. The van der Waals surface area contributed by atoms with E-state index in [0.717, 1.165) is 70.6 Å². The molecule has 35 heavy (non-hydrogen) atoms. The van der Waals surface area contributed by atoms with Crippen molar-refractivity contribution in [2.24, 2.45) is 7.05 Å². The molecule has 0 amide bonds. The van der Waals surface area contributed by atoms with E-state index in [4.69, 9.17) is 11.6 Å². The zero-order chi connectivity index (χ0) is 24.1. The number of likely N-dealkylation sites (N-methyl/N-ethyl adjacent to an activating group) is 1. The maximum atomic E-state index is 13.5. The summed E-state index contributed by atoms with van der Waals surface area (Å²) < 4.78 is 3.38. The van der Waals surface area contributed by atoms with Gasteiger partial charge in [-0.2, -0.15) is 0 Å². The number of benzene rings is 2. The van der Waals surface area contributed by atoms with Crippen LogP contribution in [0.4, 0.5) is 5.69 Å². The van der Waals surface area contributed by atoms with E-state index in [2.05, 4.69) is 32.9 Å². The van der Waals surface area contributed by atoms with Crippen molar-refractivity contribution in [3.05, 3.63) is 82.6 Å². The van der Waals surface area contributed by atoms with Gasteiger partial charge in [-0.3, -0.25) is 19.1 Å². The lowest BCUT2D eigenvalue weighted by atomic mass is 10.0. The Bertz CT molecular complexity index is 1620. The van der Waals surface area contributed by atoms with Crippen molar-refractivity contribution in [2.75, 3.05) is 38.1 Å². The first-order valence-electron chi connectivity index (χ1n) is 11.7. The number of hydrogen-bond donors (Lipinski definition) is 0. The van der Waals surface area contributed by atoms with Crippen molar-refractivity contribution >= 4 is 39.2 Å². The second-order valence-electron chi connectivity index (χ2n) is 9.07. The minimum absolute atomic E-state index is 0.135. The van der Waals surface area contributed by atoms with Crippen molar-refractivity contribution in [3.8, 4) is 16.8 Å². The van der Waals surface area contributed by atoms with Gasteiger partial charge in [-0.25, -0.2) is 4.79 Å². The molecule has 1 aliphatic heterocycles. The van der Waals surface area contributed by atoms with E-state index >= 15 is 0 Å². The van der Waals surface area contributed by atoms with Gasteiger partial charge in [-0.15, -0.1) is 0 Å². The number of nitrogens with zero attached hydrogens (tertiary/aromatic N) is 6. The van der Waals surface area contributed by atoms with Crippen LogP contribution in [0.25, 0.3) is 38.8 Å². The normalized spacial score (nSPS) is 14.8. The second-order valence-corrected chi connectivity index (χ2v) is 9.48. The lowest BCUT2D eigenvalue weighted by Gasteiger charge is -2.34. The Morgan fingerprint density at radius 1 is 0.914 bits per heavy atom. The monoisotopic (exact) mass is 484 g/mol. The van der Waals surface area contributed by atoms with Crippen LogP contribution >= 0.6 is 11.6 Å². The van der Waals surface area contributed by atoms with Crippen molar-refractivity contribution in [1.82, 2.24) is 24.0 Å². The summed E-state index contributed by atoms with van der Waals surface area (Å²) in [7, 11) is 3.91. The molecule has 1 aliphatic rings. The summed E-state index contributed by atoms with van der Waals surface area (Å²) in [6.45, 7) is 3.85. The van der Waals surface area contributed by atoms with E-state index in [0.29, 0.717) is 5.02 Å². The molecule has 6 rings (SSSR count). The highest BCUT2D eigenvalue weighted by molar-refractivity contribution is 6.33. The third-order valence-electron chi connectivity index (χ3n) is 6.91. The Balaban J connectivity index is 1.54. The van der Waals surface area contributed by atoms with Crippen molar-refractivity contribution in [3.63, 3.8) is 0 Å². The molecule has 5 aromatic rings. The Labute approximate surface area is 207 Å². The van der Waals surface area contributed by atoms with Gasteiger partial charge in [0.2, 0.25) is 0 Å². The van der Waals surface area contributed by atoms with Gasteiger partial charge < -0.3 is 9.80 Å². The van der Waals surface area contributed by atoms with Crippen LogP contribution in [0, 0.1) is 0 Å². The lowest BCUT2D eigenvalue weighted by molar-refractivity contribution is 0.313. The summed E-state index contributed by atoms with van der Waals surface area (Å²) in [6.07, 6.45) is 5.36. The van der Waals surface area contributed by atoms with Crippen LogP contribution in [0.2, 0.25) is 5.02 Å². The molecule has 176 valence electrons. The third-order valence-corrected chi connectivity index (χ3v) is 7.21. The van der Waals surface area contributed by atoms with Gasteiger partial charge in [0.05, 0.1) is 39.1 Å². The van der Waals surface area contributed by atoms with Gasteiger partial charge in [-0.05, 0) is 49.0 Å². The molecule has 0 radical (unpaired) electrons. The van der Waals surface area contributed by atoms with E-state index in [1.165, 1.54) is 0 Å². The predicted octanol–water partition coefficient (Wildman–Crippen LogP) is 4.34. The smallest absolute Gasteiger partial charge is 0.333 e. The molecule has 1 fully saturated rings. The number of aryl methyl sites for hydroxylation is 1. The summed E-state index contributed by atoms with van der Waals surface area (Å²) in [5.41, 5.74) is 6.04. The minimum atomic E-state index is -0.135. The number of aromatic nitrogens is 4. The number of imidazole rings is 1. The van der Waals surface area contributed by atoms with Crippen LogP contribution in [0.3, 0.4) is 0 Å². The molecule has 0 atom stereocenters. The van der Waals surface area contributed by atoms with E-state index in [-0.39, 0.29) is 5.69 Å². The zero-order valence-electron chi connectivity index (χ0n) is 19.6. The van der Waals surface area contributed by atoms with Gasteiger partial charge in [0, 0.05) is 56.6 Å². The van der Waals surface area contributed by atoms with E-state index < -0.39 is 0 Å². The number of halogens is 1. The summed E-state index contributed by atoms with van der Waals surface area (Å²) in [6, 6.07) is 16.0. The van der Waals surface area contributed by atoms with Gasteiger partial charge in [-0.1, -0.05) is 23.7 Å². The quantitative estimate of drug-likeness (QED) is 0.381. The number of pyridine rings is 2. The molecule has 0 spiro atoms. The SMILES string of the molecule is CN1CCN(c2ccc(-n3c(=O)n(C)c4cnc5ccc(-c6cccnc6)cc5c43)cc2Cl)CC1. The highest BCUT2D eigenvalue weighted by atomic mass is 35.5. The van der Waals surface area contributed by atoms with E-state index in [9.17, 15) is 4.79 Å². The van der Waals surface area contributed by atoms with Crippen LogP contribution in [-0.4, -0.2) is 57.2 Å². The molecule has 0 aliphatic carbocycles. The second kappa shape index (κ2) is 8.52. The fourth-order valence-electron chi connectivity index (χ4n) is 4.89. The molecule has 0 N–H and O–H groups in total. The van der Waals surface area contributed by atoms with Gasteiger partial charge in [0.15, 0.2) is 0 Å². The van der Waals surface area contributed by atoms with Crippen LogP contribution in [-0.2, 0) is 7.05 Å². The Kier molecular flexibility index (Phi) is 5.31. The molecular weight excluding hydrogens is 460 g/mol. The molecule has 0 unspecified atom stereocenters. The first-order valence-corrected chi connectivity index (χ1v) is 12.0. The predicted molar refractivity (Wildman–Crippen MR) is 142 cm³/mol. The third kappa shape index (κ3) is 3.68. The summed E-state index contributed by atoms with van der Waals surface area (Å²) in [5, 5.41) is 1.55. The van der Waals surface area contributed by atoms with Crippen molar-refractivity contribution in [1.29, 1.82) is 0 Å². The first-order chi connectivity index (χ1) is 17.0. The van der Waals surface area contributed by atoms with Crippen LogP contribution < -0.4 is 10.6 Å². The molecule has 1 saturated heterocycles. The molecular formula is C27H25ClN6O. The average molecular weight is 485 g/mol. The van der Waals surface area contributed by atoms with Gasteiger partial charge >= 0.3 is 5.69 Å². The highest BCUT2D eigenvalue weighted by Crippen LogP contribution is 2.32. The molecule has 7 nitrogen and oxygen atoms in total. The van der Waals surface area contributed by atoms with E-state index in [1.54, 1.807) is 28.6 Å². The maximum Gasteiger partial charge on any atom is 0.333 e. The number of fused-ring (bicyclic) bond motifs is 3. The van der Waals surface area contributed by atoms with Crippen LogP contribution in [0.15, 0.2) is 71.9 Å². The number of hydrogen-bond acceptors (Lipinski definition) is 5. The van der Waals surface area contributed by atoms with Crippen LogP contribution in [0.5, 0.6) is 0 Å². The minimum Gasteiger partial charge on any atom is -0.368 e. The average Bonchev–Trinajstić information content (AvgIpc) is 3.15. The van der Waals surface area contributed by atoms with Crippen LogP contribution in [0.1, 0.15) is 0 Å². The van der Waals surface area contributed by atoms with Gasteiger partial charge in [0.25, 0.3) is 0 Å². The Hall–Kier alpha value is -3.68. The number of piperazine rings is 1. The Morgan fingerprint density at radius 2 is 1.74 bits per heavy atom. The number of rotatable bonds is 3. The topological polar surface area (TPSA) is 59.2 Å². The molecule has 3 aromatic heterocycles. The summed E-state index contributed by atoms with van der Waals surface area (Å²) in [5.74, 6) is 0. The van der Waals surface area contributed by atoms with E-state index in [1.807, 2.05) is 48.7 Å². The highest BCUT2D eigenvalue weighted by Gasteiger charge is 2.20. The molecule has 8 heteroatoms. The van der Waals surface area contributed by atoms with Gasteiger partial charge in [0.1, 0.15) is 0 Å². The van der Waals surface area contributed by atoms with Crippen molar-refractivity contribution < 1.29 is 0 Å². The summed E-state index contributed by atoms with van der Waals surface area (Å²) in [4.78, 5) is 26.9. The van der Waals surface area contributed by atoms with Crippen molar-refractivity contribution in [2.45, 2.75) is 0 Å². The molecule has 0 bridgehead atoms. The standard InChI is InChI=1S/C27H25ClN6O/c1-31-10-12-33(13-11-31)24-8-6-20(15-22(24)28)34-26-21-14-18(19-4-3-9-29-16-19)5-7-23(21)30-17-25(26)32(2)27(34)35/h3-9,14-17H,10-13H2,1-2H3. The first kappa shape index (κ1) is 21.8. The molecule has 4 heterocycles. The molecule has 0 saturated carbocycles. The summed E-state index contributed by atoms with van der Waals surface area (Å²) >= 11 is 6.79. The lowest BCUT2D eigenvalue weighted by Crippen LogP contribution is -2.44. The largest absolute Gasteiger partial charge is 0.368 e. The fraction of sp³-hybridized carbons (Fsp3) is 0.222. The zero-order valence-corrected chi connectivity index (χ0v) is 20.4. The maximum absolute atomic E-state index is 13.5.